The number of sulfone groups is 1. The topological polar surface area (TPSA) is 58.2 Å². The number of rotatable bonds is 7. The lowest BCUT2D eigenvalue weighted by Gasteiger charge is -2.18. The zero-order chi connectivity index (χ0) is 19.2. The predicted octanol–water partition coefficient (Wildman–Crippen LogP) is 4.48. The first-order valence-corrected chi connectivity index (χ1v) is 11.1. The van der Waals surface area contributed by atoms with E-state index in [2.05, 4.69) is 29.7 Å². The number of anilines is 1. The Morgan fingerprint density at radius 3 is 2.23 bits per heavy atom. The molecule has 0 saturated carbocycles. The number of hydrogen-bond donors (Lipinski definition) is 2. The quantitative estimate of drug-likeness (QED) is 0.683. The largest absolute Gasteiger partial charge is 0.356 e. The fourth-order valence-corrected chi connectivity index (χ4v) is 3.51. The van der Waals surface area contributed by atoms with E-state index in [9.17, 15) is 8.42 Å². The maximum Gasteiger partial charge on any atom is 0.175 e. The lowest BCUT2D eigenvalue weighted by Crippen LogP contribution is -2.30. The van der Waals surface area contributed by atoms with Gasteiger partial charge in [0.15, 0.2) is 14.9 Å². The summed E-state index contributed by atoms with van der Waals surface area (Å²) in [5, 5.41) is 6.94. The fraction of sp³-hybridized carbons (Fsp3) is 0.350. The van der Waals surface area contributed by atoms with Crippen LogP contribution in [-0.4, -0.2) is 19.8 Å². The van der Waals surface area contributed by atoms with Gasteiger partial charge in [0.05, 0.1) is 10.9 Å². The zero-order valence-electron chi connectivity index (χ0n) is 15.5. The lowest BCUT2D eigenvalue weighted by atomic mass is 10.1. The first kappa shape index (κ1) is 20.4. The molecule has 140 valence electrons. The van der Waals surface area contributed by atoms with Crippen LogP contribution in [0.1, 0.15) is 43.9 Å². The molecule has 0 fully saturated rings. The van der Waals surface area contributed by atoms with Gasteiger partial charge in [-0.05, 0) is 67.4 Å². The molecule has 2 N–H and O–H groups in total. The Labute approximate surface area is 161 Å². The van der Waals surface area contributed by atoms with E-state index in [1.807, 2.05) is 19.1 Å². The maximum atomic E-state index is 11.5. The Morgan fingerprint density at radius 2 is 1.69 bits per heavy atom. The normalized spacial score (nSPS) is 12.4. The van der Waals surface area contributed by atoms with Crippen LogP contribution in [0.5, 0.6) is 0 Å². The van der Waals surface area contributed by atoms with Crippen LogP contribution in [0.4, 0.5) is 5.69 Å². The number of thiocarbonyl (C=S) groups is 1. The molecule has 0 aliphatic carbocycles. The Bertz CT molecular complexity index is 829. The third-order valence-corrected chi connectivity index (χ3v) is 5.54. The summed E-state index contributed by atoms with van der Waals surface area (Å²) in [6, 6.07) is 15.1. The van der Waals surface area contributed by atoms with Gasteiger partial charge in [-0.3, -0.25) is 0 Å². The van der Waals surface area contributed by atoms with Crippen molar-refractivity contribution in [1.82, 2.24) is 5.32 Å². The highest BCUT2D eigenvalue weighted by Gasteiger charge is 2.10. The van der Waals surface area contributed by atoms with Gasteiger partial charge in [-0.1, -0.05) is 37.6 Å². The molecular weight excluding hydrogens is 364 g/mol. The van der Waals surface area contributed by atoms with E-state index in [-0.39, 0.29) is 6.04 Å². The first-order valence-electron chi connectivity index (χ1n) is 8.76. The second-order valence-electron chi connectivity index (χ2n) is 6.46. The molecule has 0 saturated heterocycles. The van der Waals surface area contributed by atoms with Crippen LogP contribution in [-0.2, 0) is 16.3 Å². The highest BCUT2D eigenvalue weighted by atomic mass is 32.2. The highest BCUT2D eigenvalue weighted by molar-refractivity contribution is 7.90. The van der Waals surface area contributed by atoms with E-state index in [0.29, 0.717) is 10.0 Å². The van der Waals surface area contributed by atoms with Gasteiger partial charge in [0, 0.05) is 11.9 Å². The predicted molar refractivity (Wildman–Crippen MR) is 112 cm³/mol. The van der Waals surface area contributed by atoms with Crippen LogP contribution in [0.2, 0.25) is 0 Å². The summed E-state index contributed by atoms with van der Waals surface area (Å²) < 4.78 is 23.1. The van der Waals surface area contributed by atoms with Crippen molar-refractivity contribution in [2.24, 2.45) is 0 Å². The van der Waals surface area contributed by atoms with Crippen LogP contribution in [0.25, 0.3) is 0 Å². The van der Waals surface area contributed by atoms with Crippen molar-refractivity contribution in [3.63, 3.8) is 0 Å². The molecule has 0 aromatic heterocycles. The van der Waals surface area contributed by atoms with Crippen molar-refractivity contribution in [3.8, 4) is 0 Å². The van der Waals surface area contributed by atoms with Gasteiger partial charge in [0.25, 0.3) is 0 Å². The van der Waals surface area contributed by atoms with Crippen molar-refractivity contribution < 1.29 is 8.42 Å². The van der Waals surface area contributed by atoms with Gasteiger partial charge in [-0.2, -0.15) is 0 Å². The molecule has 0 unspecified atom stereocenters. The third-order valence-electron chi connectivity index (χ3n) is 4.19. The Kier molecular flexibility index (Phi) is 7.17. The number of hydrogen-bond acceptors (Lipinski definition) is 3. The molecule has 0 radical (unpaired) electrons. The van der Waals surface area contributed by atoms with Gasteiger partial charge in [0.2, 0.25) is 0 Å². The fourth-order valence-electron chi connectivity index (χ4n) is 2.59. The summed E-state index contributed by atoms with van der Waals surface area (Å²) in [5.74, 6) is 0. The minimum atomic E-state index is -3.18. The number of nitrogens with one attached hydrogen (secondary N) is 2. The number of unbranched alkanes of at least 4 members (excludes halogenated alkanes) is 1. The summed E-state index contributed by atoms with van der Waals surface area (Å²) in [7, 11) is -3.18. The molecule has 6 heteroatoms. The van der Waals surface area contributed by atoms with Gasteiger partial charge in [-0.25, -0.2) is 8.42 Å². The van der Waals surface area contributed by atoms with E-state index in [4.69, 9.17) is 12.2 Å². The van der Waals surface area contributed by atoms with Gasteiger partial charge < -0.3 is 10.6 Å². The average molecular weight is 391 g/mol. The summed E-state index contributed by atoms with van der Waals surface area (Å²) >= 11 is 5.38. The summed E-state index contributed by atoms with van der Waals surface area (Å²) in [6.07, 6.45) is 4.69. The molecule has 2 aromatic carbocycles. The smallest absolute Gasteiger partial charge is 0.175 e. The minimum absolute atomic E-state index is 0.0348. The first-order chi connectivity index (χ1) is 12.3. The number of benzene rings is 2. The van der Waals surface area contributed by atoms with Crippen molar-refractivity contribution in [1.29, 1.82) is 0 Å². The lowest BCUT2D eigenvalue weighted by molar-refractivity contribution is 0.601. The molecule has 0 heterocycles. The molecule has 4 nitrogen and oxygen atoms in total. The van der Waals surface area contributed by atoms with E-state index < -0.39 is 9.84 Å². The van der Waals surface area contributed by atoms with Crippen LogP contribution >= 0.6 is 12.2 Å². The summed E-state index contributed by atoms with van der Waals surface area (Å²) in [4.78, 5) is 0.317. The average Bonchev–Trinajstić information content (AvgIpc) is 2.60. The molecule has 1 atom stereocenters. The maximum absolute atomic E-state index is 11.5. The molecule has 0 aliphatic heterocycles. The van der Waals surface area contributed by atoms with Crippen LogP contribution < -0.4 is 10.6 Å². The molecule has 0 amide bonds. The minimum Gasteiger partial charge on any atom is -0.356 e. The number of aryl methyl sites for hydroxylation is 1. The van der Waals surface area contributed by atoms with Crippen LogP contribution in [0.15, 0.2) is 53.4 Å². The monoisotopic (exact) mass is 390 g/mol. The standard InChI is InChI=1S/C20H26N2O2S2/c1-4-5-6-16-7-11-18(12-8-16)22-20(25)21-15(2)17-9-13-19(14-10-17)26(3,23)24/h7-15H,4-6H2,1-3H3,(H2,21,22,25)/t15-/m1/s1. The summed E-state index contributed by atoms with van der Waals surface area (Å²) in [5.41, 5.74) is 3.24. The summed E-state index contributed by atoms with van der Waals surface area (Å²) in [6.45, 7) is 4.17. The highest BCUT2D eigenvalue weighted by Crippen LogP contribution is 2.17. The Balaban J connectivity index is 1.92. The third kappa shape index (κ3) is 6.11. The molecule has 0 bridgehead atoms. The molecule has 2 rings (SSSR count). The van der Waals surface area contributed by atoms with Crippen LogP contribution in [0, 0.1) is 0 Å². The van der Waals surface area contributed by atoms with E-state index >= 15 is 0 Å². The molecule has 26 heavy (non-hydrogen) atoms. The van der Waals surface area contributed by atoms with E-state index in [1.54, 1.807) is 24.3 Å². The molecule has 2 aromatic rings. The van der Waals surface area contributed by atoms with Crippen molar-refractivity contribution in [3.05, 3.63) is 59.7 Å². The Morgan fingerprint density at radius 1 is 1.08 bits per heavy atom. The zero-order valence-corrected chi connectivity index (χ0v) is 17.1. The van der Waals surface area contributed by atoms with Crippen molar-refractivity contribution in [2.75, 3.05) is 11.6 Å². The second kappa shape index (κ2) is 9.14. The molecule has 0 spiro atoms. The van der Waals surface area contributed by atoms with E-state index in [1.165, 1.54) is 24.7 Å². The van der Waals surface area contributed by atoms with Crippen LogP contribution in [0.3, 0.4) is 0 Å². The van der Waals surface area contributed by atoms with Gasteiger partial charge >= 0.3 is 0 Å². The molecule has 0 aliphatic rings. The van der Waals surface area contributed by atoms with E-state index in [0.717, 1.165) is 17.7 Å². The molecular formula is C20H26N2O2S2. The SMILES string of the molecule is CCCCc1ccc(NC(=S)N[C@H](C)c2ccc(S(C)(=O)=O)cc2)cc1. The van der Waals surface area contributed by atoms with Gasteiger partial charge in [-0.15, -0.1) is 0 Å². The van der Waals surface area contributed by atoms with Crippen molar-refractivity contribution >= 4 is 32.9 Å². The Hall–Kier alpha value is -1.92. The second-order valence-corrected chi connectivity index (χ2v) is 8.89. The van der Waals surface area contributed by atoms with Crippen molar-refractivity contribution in [2.45, 2.75) is 44.0 Å². The van der Waals surface area contributed by atoms with Gasteiger partial charge in [0.1, 0.15) is 0 Å².